The molecule has 0 aromatic rings. The van der Waals surface area contributed by atoms with Gasteiger partial charge in [-0.3, -0.25) is 0 Å². The monoisotopic (exact) mass is 190 g/mol. The summed E-state index contributed by atoms with van der Waals surface area (Å²) >= 11 is 5.94. The van der Waals surface area contributed by atoms with Crippen LogP contribution in [0.25, 0.3) is 0 Å². The molecule has 72 valence electrons. The van der Waals surface area contributed by atoms with Crippen molar-refractivity contribution in [3.05, 3.63) is 0 Å². The number of hydrogen-bond acceptors (Lipinski definition) is 1. The molecular formula is C10H19ClO. The fraction of sp³-hybridized carbons (Fsp3) is 1.00. The van der Waals surface area contributed by atoms with Gasteiger partial charge < -0.3 is 5.11 Å². The van der Waals surface area contributed by atoms with Crippen molar-refractivity contribution in [1.29, 1.82) is 0 Å². The van der Waals surface area contributed by atoms with E-state index in [1.54, 1.807) is 0 Å². The summed E-state index contributed by atoms with van der Waals surface area (Å²) in [5, 5.41) is 8.75. The smallest absolute Gasteiger partial charge is 0.139 e. The van der Waals surface area contributed by atoms with Gasteiger partial charge in [0.2, 0.25) is 0 Å². The maximum Gasteiger partial charge on any atom is 0.139 e. The number of aliphatic hydroxyl groups is 1. The lowest BCUT2D eigenvalue weighted by atomic mass is 9.59. The first kappa shape index (κ1) is 10.3. The van der Waals surface area contributed by atoms with E-state index in [9.17, 15) is 5.11 Å². The lowest BCUT2D eigenvalue weighted by Crippen LogP contribution is -2.45. The Kier molecular flexibility index (Phi) is 2.25. The van der Waals surface area contributed by atoms with Gasteiger partial charge in [0, 0.05) is 0 Å². The molecule has 1 aliphatic carbocycles. The number of hydrogen-bond donors (Lipinski definition) is 1. The van der Waals surface area contributed by atoms with Crippen molar-refractivity contribution in [2.75, 3.05) is 0 Å². The Morgan fingerprint density at radius 2 is 1.50 bits per heavy atom. The zero-order valence-electron chi connectivity index (χ0n) is 8.45. The van der Waals surface area contributed by atoms with Gasteiger partial charge in [0.25, 0.3) is 0 Å². The largest absolute Gasteiger partial charge is 0.375 e. The molecule has 0 aromatic heterocycles. The summed E-state index contributed by atoms with van der Waals surface area (Å²) in [5.41, 5.74) is 0.413. The van der Waals surface area contributed by atoms with E-state index in [4.69, 9.17) is 11.6 Å². The molecule has 12 heavy (non-hydrogen) atoms. The van der Waals surface area contributed by atoms with E-state index in [1.807, 2.05) is 0 Å². The highest BCUT2D eigenvalue weighted by Gasteiger charge is 2.47. The molecule has 0 spiro atoms. The van der Waals surface area contributed by atoms with E-state index in [2.05, 4.69) is 27.7 Å². The predicted molar refractivity (Wildman–Crippen MR) is 52.2 cm³/mol. The summed E-state index contributed by atoms with van der Waals surface area (Å²) in [7, 11) is 0. The lowest BCUT2D eigenvalue weighted by Gasteiger charge is -2.50. The Morgan fingerprint density at radius 3 is 1.83 bits per heavy atom. The molecule has 1 N–H and O–H groups in total. The molecule has 1 nitrogen and oxygen atoms in total. The molecule has 1 rings (SSSR count). The first-order chi connectivity index (χ1) is 5.16. The van der Waals surface area contributed by atoms with Crippen LogP contribution in [-0.2, 0) is 0 Å². The second-order valence-electron chi connectivity index (χ2n) is 5.36. The number of halogens is 1. The van der Waals surface area contributed by atoms with Gasteiger partial charge in [-0.1, -0.05) is 39.3 Å². The molecule has 0 radical (unpaired) electrons. The molecule has 0 amide bonds. The van der Waals surface area contributed by atoms with Crippen molar-refractivity contribution in [2.45, 2.75) is 52.0 Å². The average molecular weight is 191 g/mol. The number of rotatable bonds is 0. The van der Waals surface area contributed by atoms with Crippen LogP contribution < -0.4 is 0 Å². The third-order valence-corrected chi connectivity index (χ3v) is 4.00. The molecule has 1 aliphatic rings. The molecule has 0 aliphatic heterocycles. The van der Waals surface area contributed by atoms with Crippen LogP contribution in [0.15, 0.2) is 0 Å². The van der Waals surface area contributed by atoms with Crippen molar-refractivity contribution < 1.29 is 5.11 Å². The highest BCUT2D eigenvalue weighted by Crippen LogP contribution is 2.53. The minimum Gasteiger partial charge on any atom is -0.375 e. The van der Waals surface area contributed by atoms with Crippen molar-refractivity contribution in [1.82, 2.24) is 0 Å². The van der Waals surface area contributed by atoms with Crippen LogP contribution in [0.3, 0.4) is 0 Å². The van der Waals surface area contributed by atoms with Gasteiger partial charge in [-0.2, -0.15) is 0 Å². The van der Waals surface area contributed by atoms with Crippen molar-refractivity contribution in [3.63, 3.8) is 0 Å². The van der Waals surface area contributed by atoms with Crippen LogP contribution in [0.5, 0.6) is 0 Å². The molecule has 1 fully saturated rings. The Balaban J connectivity index is 2.82. The lowest BCUT2D eigenvalue weighted by molar-refractivity contribution is -0.0476. The Morgan fingerprint density at radius 1 is 1.00 bits per heavy atom. The van der Waals surface area contributed by atoms with E-state index < -0.39 is 5.06 Å². The Hall–Kier alpha value is 0.250. The maximum absolute atomic E-state index is 9.71. The Bertz CT molecular complexity index is 182. The Labute approximate surface area is 80.1 Å². The van der Waals surface area contributed by atoms with E-state index in [1.165, 1.54) is 0 Å². The molecule has 0 heterocycles. The van der Waals surface area contributed by atoms with Crippen molar-refractivity contribution in [2.24, 2.45) is 10.8 Å². The average Bonchev–Trinajstić information content (AvgIpc) is 1.79. The van der Waals surface area contributed by atoms with E-state index in [-0.39, 0.29) is 10.8 Å². The van der Waals surface area contributed by atoms with Gasteiger partial charge in [0.1, 0.15) is 5.06 Å². The maximum atomic E-state index is 9.71. The molecular weight excluding hydrogens is 172 g/mol. The molecule has 0 bridgehead atoms. The quantitative estimate of drug-likeness (QED) is 0.582. The second kappa shape index (κ2) is 2.62. The van der Waals surface area contributed by atoms with E-state index >= 15 is 0 Å². The third kappa shape index (κ3) is 1.77. The summed E-state index contributed by atoms with van der Waals surface area (Å²) < 4.78 is 0. The van der Waals surface area contributed by atoms with Crippen LogP contribution >= 0.6 is 11.6 Å². The first-order valence-electron chi connectivity index (χ1n) is 4.58. The van der Waals surface area contributed by atoms with Crippen LogP contribution in [0.4, 0.5) is 0 Å². The van der Waals surface area contributed by atoms with Gasteiger partial charge in [-0.15, -0.1) is 0 Å². The predicted octanol–water partition coefficient (Wildman–Crippen LogP) is 3.15. The van der Waals surface area contributed by atoms with Gasteiger partial charge in [0.05, 0.1) is 0 Å². The van der Waals surface area contributed by atoms with Gasteiger partial charge in [-0.05, 0) is 30.1 Å². The van der Waals surface area contributed by atoms with E-state index in [0.717, 1.165) is 6.42 Å². The van der Waals surface area contributed by atoms with Crippen LogP contribution in [0.2, 0.25) is 0 Å². The molecule has 1 unspecified atom stereocenters. The van der Waals surface area contributed by atoms with Crippen molar-refractivity contribution >= 4 is 11.6 Å². The fourth-order valence-corrected chi connectivity index (χ4v) is 2.28. The summed E-state index contributed by atoms with van der Waals surface area (Å²) in [5.74, 6) is 0. The highest BCUT2D eigenvalue weighted by molar-refractivity contribution is 6.22. The highest BCUT2D eigenvalue weighted by atomic mass is 35.5. The summed E-state index contributed by atoms with van der Waals surface area (Å²) in [6, 6.07) is 0. The van der Waals surface area contributed by atoms with Crippen LogP contribution in [-0.4, -0.2) is 10.2 Å². The molecule has 0 aromatic carbocycles. The molecule has 1 saturated carbocycles. The van der Waals surface area contributed by atoms with E-state index in [0.29, 0.717) is 12.8 Å². The number of alkyl halides is 1. The zero-order chi connectivity index (χ0) is 9.62. The zero-order valence-corrected chi connectivity index (χ0v) is 9.20. The minimum atomic E-state index is -0.959. The second-order valence-corrected chi connectivity index (χ2v) is 6.07. The van der Waals surface area contributed by atoms with Crippen molar-refractivity contribution in [3.8, 4) is 0 Å². The SMILES string of the molecule is CC1(C)CCC(O)(Cl)CC1(C)C. The third-order valence-electron chi connectivity index (χ3n) is 3.68. The minimum absolute atomic E-state index is 0.127. The van der Waals surface area contributed by atoms with Crippen LogP contribution in [0.1, 0.15) is 47.0 Å². The fourth-order valence-electron chi connectivity index (χ4n) is 1.85. The van der Waals surface area contributed by atoms with Crippen LogP contribution in [0, 0.1) is 10.8 Å². The van der Waals surface area contributed by atoms with Gasteiger partial charge in [0.15, 0.2) is 0 Å². The van der Waals surface area contributed by atoms with Gasteiger partial charge >= 0.3 is 0 Å². The molecule has 1 atom stereocenters. The summed E-state index contributed by atoms with van der Waals surface area (Å²) in [6.45, 7) is 8.86. The van der Waals surface area contributed by atoms with Gasteiger partial charge in [-0.25, -0.2) is 0 Å². The summed E-state index contributed by atoms with van der Waals surface area (Å²) in [6.07, 6.45) is 2.40. The normalized spacial score (nSPS) is 39.5. The standard InChI is InChI=1S/C10H19ClO/c1-8(2)5-6-10(11,12)7-9(8,3)4/h12H,5-7H2,1-4H3. The molecule has 2 heteroatoms. The topological polar surface area (TPSA) is 20.2 Å². The summed E-state index contributed by atoms with van der Waals surface area (Å²) in [4.78, 5) is 0. The molecule has 0 saturated heterocycles. The first-order valence-corrected chi connectivity index (χ1v) is 4.95.